The van der Waals surface area contributed by atoms with Crippen LogP contribution in [0.1, 0.15) is 42.9 Å². The second-order valence-corrected chi connectivity index (χ2v) is 6.44. The predicted octanol–water partition coefficient (Wildman–Crippen LogP) is 3.01. The molecule has 1 aromatic heterocycles. The summed E-state index contributed by atoms with van der Waals surface area (Å²) in [5, 5.41) is 12.1. The van der Waals surface area contributed by atoms with Gasteiger partial charge in [-0.25, -0.2) is 0 Å². The molecule has 1 saturated carbocycles. The summed E-state index contributed by atoms with van der Waals surface area (Å²) >= 11 is 0. The van der Waals surface area contributed by atoms with Gasteiger partial charge in [-0.2, -0.15) is 0 Å². The SMILES string of the molecule is Cc1nnc(CNC2CCCCC2Cc2ccccc2)n1C. The monoisotopic (exact) mass is 298 g/mol. The molecule has 1 aliphatic rings. The third kappa shape index (κ3) is 3.55. The Bertz CT molecular complexity index is 590. The maximum absolute atomic E-state index is 4.26. The highest BCUT2D eigenvalue weighted by Crippen LogP contribution is 2.27. The molecule has 0 radical (unpaired) electrons. The lowest BCUT2D eigenvalue weighted by Crippen LogP contribution is -2.39. The lowest BCUT2D eigenvalue weighted by Gasteiger charge is -2.32. The first-order chi connectivity index (χ1) is 10.7. The highest BCUT2D eigenvalue weighted by Gasteiger charge is 2.25. The van der Waals surface area contributed by atoms with Crippen LogP contribution in [0, 0.1) is 12.8 Å². The third-order valence-corrected chi connectivity index (χ3v) is 4.95. The number of aromatic nitrogens is 3. The summed E-state index contributed by atoms with van der Waals surface area (Å²) < 4.78 is 2.07. The molecule has 118 valence electrons. The molecule has 1 heterocycles. The van der Waals surface area contributed by atoms with E-state index in [1.165, 1.54) is 37.7 Å². The van der Waals surface area contributed by atoms with E-state index < -0.39 is 0 Å². The Hall–Kier alpha value is -1.68. The Kier molecular flexibility index (Phi) is 4.88. The molecule has 4 nitrogen and oxygen atoms in total. The van der Waals surface area contributed by atoms with Gasteiger partial charge in [-0.3, -0.25) is 0 Å². The molecule has 1 aliphatic carbocycles. The van der Waals surface area contributed by atoms with Crippen LogP contribution in [-0.2, 0) is 20.0 Å². The molecule has 4 heteroatoms. The maximum atomic E-state index is 4.26. The van der Waals surface area contributed by atoms with E-state index in [2.05, 4.69) is 50.4 Å². The van der Waals surface area contributed by atoms with E-state index in [0.717, 1.165) is 24.1 Å². The van der Waals surface area contributed by atoms with Crippen LogP contribution in [-0.4, -0.2) is 20.8 Å². The largest absolute Gasteiger partial charge is 0.317 e. The molecule has 2 atom stereocenters. The molecule has 0 saturated heterocycles. The molecule has 22 heavy (non-hydrogen) atoms. The Morgan fingerprint density at radius 1 is 1.14 bits per heavy atom. The van der Waals surface area contributed by atoms with E-state index in [-0.39, 0.29) is 0 Å². The standard InChI is InChI=1S/C18H26N4/c1-14-20-21-18(22(14)2)13-19-17-11-7-6-10-16(17)12-15-8-4-3-5-9-15/h3-5,8-9,16-17,19H,6-7,10-13H2,1-2H3. The van der Waals surface area contributed by atoms with Gasteiger partial charge < -0.3 is 9.88 Å². The van der Waals surface area contributed by atoms with E-state index in [9.17, 15) is 0 Å². The highest BCUT2D eigenvalue weighted by molar-refractivity contribution is 5.15. The van der Waals surface area contributed by atoms with Gasteiger partial charge in [0.2, 0.25) is 0 Å². The smallest absolute Gasteiger partial charge is 0.146 e. The molecule has 3 rings (SSSR count). The number of hydrogen-bond acceptors (Lipinski definition) is 3. The van der Waals surface area contributed by atoms with Crippen molar-refractivity contribution in [3.63, 3.8) is 0 Å². The summed E-state index contributed by atoms with van der Waals surface area (Å²) in [5.41, 5.74) is 1.45. The Morgan fingerprint density at radius 2 is 1.91 bits per heavy atom. The zero-order valence-electron chi connectivity index (χ0n) is 13.6. The van der Waals surface area contributed by atoms with Crippen molar-refractivity contribution in [1.29, 1.82) is 0 Å². The van der Waals surface area contributed by atoms with Crippen LogP contribution in [0.5, 0.6) is 0 Å². The minimum Gasteiger partial charge on any atom is -0.317 e. The van der Waals surface area contributed by atoms with Crippen LogP contribution < -0.4 is 5.32 Å². The summed E-state index contributed by atoms with van der Waals surface area (Å²) in [7, 11) is 2.04. The zero-order valence-corrected chi connectivity index (χ0v) is 13.6. The molecule has 0 bridgehead atoms. The average Bonchev–Trinajstić information content (AvgIpc) is 2.87. The molecule has 0 spiro atoms. The quantitative estimate of drug-likeness (QED) is 0.922. The summed E-state index contributed by atoms with van der Waals surface area (Å²) in [6, 6.07) is 11.5. The molecule has 1 aromatic carbocycles. The van der Waals surface area contributed by atoms with Gasteiger partial charge in [-0.15, -0.1) is 10.2 Å². The van der Waals surface area contributed by atoms with Gasteiger partial charge in [0.05, 0.1) is 6.54 Å². The summed E-state index contributed by atoms with van der Waals surface area (Å²) in [6.07, 6.45) is 6.47. The van der Waals surface area contributed by atoms with Crippen molar-refractivity contribution >= 4 is 0 Å². The van der Waals surface area contributed by atoms with E-state index in [1.54, 1.807) is 0 Å². The first-order valence-electron chi connectivity index (χ1n) is 8.36. The fourth-order valence-corrected chi connectivity index (χ4v) is 3.46. The van der Waals surface area contributed by atoms with Gasteiger partial charge in [0, 0.05) is 13.1 Å². The second-order valence-electron chi connectivity index (χ2n) is 6.44. The van der Waals surface area contributed by atoms with Crippen molar-refractivity contribution in [1.82, 2.24) is 20.1 Å². The van der Waals surface area contributed by atoms with E-state index >= 15 is 0 Å². The molecule has 2 unspecified atom stereocenters. The van der Waals surface area contributed by atoms with Crippen molar-refractivity contribution in [2.75, 3.05) is 0 Å². The van der Waals surface area contributed by atoms with Gasteiger partial charge in [0.25, 0.3) is 0 Å². The van der Waals surface area contributed by atoms with E-state index in [4.69, 9.17) is 0 Å². The van der Waals surface area contributed by atoms with Crippen LogP contribution in [0.4, 0.5) is 0 Å². The van der Waals surface area contributed by atoms with Crippen molar-refractivity contribution in [2.45, 2.75) is 51.6 Å². The zero-order chi connectivity index (χ0) is 15.4. The first-order valence-corrected chi connectivity index (χ1v) is 8.36. The van der Waals surface area contributed by atoms with Crippen molar-refractivity contribution < 1.29 is 0 Å². The lowest BCUT2D eigenvalue weighted by molar-refractivity contribution is 0.257. The van der Waals surface area contributed by atoms with Crippen LogP contribution in [0.25, 0.3) is 0 Å². The number of rotatable bonds is 5. The Labute approximate surface area is 133 Å². The summed E-state index contributed by atoms with van der Waals surface area (Å²) in [6.45, 7) is 2.81. The van der Waals surface area contributed by atoms with E-state index in [1.807, 2.05) is 14.0 Å². The first kappa shape index (κ1) is 15.2. The predicted molar refractivity (Wildman–Crippen MR) is 88.5 cm³/mol. The molecule has 0 amide bonds. The van der Waals surface area contributed by atoms with Crippen LogP contribution in [0.3, 0.4) is 0 Å². The number of aryl methyl sites for hydroxylation is 1. The molecule has 0 aliphatic heterocycles. The minimum atomic E-state index is 0.589. The number of nitrogens with zero attached hydrogens (tertiary/aromatic N) is 3. The second kappa shape index (κ2) is 7.05. The maximum Gasteiger partial charge on any atom is 0.146 e. The lowest BCUT2D eigenvalue weighted by atomic mass is 9.80. The van der Waals surface area contributed by atoms with Crippen molar-refractivity contribution in [3.8, 4) is 0 Å². The van der Waals surface area contributed by atoms with Gasteiger partial charge in [-0.05, 0) is 37.7 Å². The molecule has 1 N–H and O–H groups in total. The van der Waals surface area contributed by atoms with Crippen LogP contribution in [0.15, 0.2) is 30.3 Å². The topological polar surface area (TPSA) is 42.7 Å². The number of nitrogens with one attached hydrogen (secondary N) is 1. The highest BCUT2D eigenvalue weighted by atomic mass is 15.3. The van der Waals surface area contributed by atoms with E-state index in [0.29, 0.717) is 6.04 Å². The van der Waals surface area contributed by atoms with Crippen molar-refractivity contribution in [2.24, 2.45) is 13.0 Å². The minimum absolute atomic E-state index is 0.589. The molecular formula is C18H26N4. The normalized spacial score (nSPS) is 21.9. The number of hydrogen-bond donors (Lipinski definition) is 1. The van der Waals surface area contributed by atoms with Gasteiger partial charge >= 0.3 is 0 Å². The van der Waals surface area contributed by atoms with Crippen molar-refractivity contribution in [3.05, 3.63) is 47.5 Å². The Balaban J connectivity index is 1.61. The fourth-order valence-electron chi connectivity index (χ4n) is 3.46. The molecular weight excluding hydrogens is 272 g/mol. The Morgan fingerprint density at radius 3 is 2.64 bits per heavy atom. The average molecular weight is 298 g/mol. The van der Waals surface area contributed by atoms with Crippen LogP contribution in [0.2, 0.25) is 0 Å². The summed E-state index contributed by atoms with van der Waals surface area (Å²) in [4.78, 5) is 0. The molecule has 1 fully saturated rings. The third-order valence-electron chi connectivity index (χ3n) is 4.95. The number of benzene rings is 1. The van der Waals surface area contributed by atoms with Gasteiger partial charge in [0.1, 0.15) is 11.6 Å². The van der Waals surface area contributed by atoms with Gasteiger partial charge in [0.15, 0.2) is 0 Å². The molecule has 2 aromatic rings. The fraction of sp³-hybridized carbons (Fsp3) is 0.556. The van der Waals surface area contributed by atoms with Crippen LogP contribution >= 0.6 is 0 Å². The summed E-state index contributed by atoms with van der Waals surface area (Å²) in [5.74, 6) is 2.73. The van der Waals surface area contributed by atoms with Gasteiger partial charge in [-0.1, -0.05) is 43.2 Å².